The third-order valence-corrected chi connectivity index (χ3v) is 6.22. The van der Waals surface area contributed by atoms with E-state index >= 15 is 0 Å². The van der Waals surface area contributed by atoms with Gasteiger partial charge in [0.25, 0.3) is 0 Å². The molecule has 2 unspecified atom stereocenters. The summed E-state index contributed by atoms with van der Waals surface area (Å²) in [5.41, 5.74) is 2.93. The van der Waals surface area contributed by atoms with Crippen molar-refractivity contribution in [3.63, 3.8) is 0 Å². The molecule has 2 aromatic rings. The number of carbonyl (C=O) groups excluding carboxylic acids is 4. The Morgan fingerprint density at radius 1 is 1.16 bits per heavy atom. The van der Waals surface area contributed by atoms with Crippen LogP contribution in [0.1, 0.15) is 53.5 Å². The molecule has 1 fully saturated rings. The fourth-order valence-electron chi connectivity index (χ4n) is 3.37. The summed E-state index contributed by atoms with van der Waals surface area (Å²) >= 11 is 1.59. The standard InChI is InChI=1S/C22H24FNO3S.CO2/c1-4-6-19-20(25)24(21(28-19)15-7-10-17(23)11-8-15)18-12-9-16(13-14(18)3)22(26)27-5-2;2-1-3/h7-13,19,21H,4-6H2,1-3H3;. The molecule has 2 aromatic carbocycles. The zero-order valence-corrected chi connectivity index (χ0v) is 18.4. The zero-order valence-electron chi connectivity index (χ0n) is 17.6. The first-order valence-corrected chi connectivity index (χ1v) is 10.8. The van der Waals surface area contributed by atoms with E-state index in [0.29, 0.717) is 12.2 Å². The van der Waals surface area contributed by atoms with Crippen molar-refractivity contribution in [2.24, 2.45) is 0 Å². The van der Waals surface area contributed by atoms with Crippen molar-refractivity contribution in [3.05, 3.63) is 65.0 Å². The predicted octanol–water partition coefficient (Wildman–Crippen LogP) is 4.67. The Balaban J connectivity index is 0.00000107. The quantitative estimate of drug-likeness (QED) is 0.601. The van der Waals surface area contributed by atoms with Crippen molar-refractivity contribution in [2.75, 3.05) is 11.5 Å². The summed E-state index contributed by atoms with van der Waals surface area (Å²) < 4.78 is 18.4. The minimum atomic E-state index is -0.377. The second-order valence-electron chi connectivity index (χ2n) is 6.83. The van der Waals surface area contributed by atoms with Crippen molar-refractivity contribution in [1.29, 1.82) is 0 Å². The van der Waals surface area contributed by atoms with Crippen molar-refractivity contribution < 1.29 is 28.3 Å². The number of thioether (sulfide) groups is 1. The second kappa shape index (κ2) is 11.4. The first-order valence-electron chi connectivity index (χ1n) is 9.88. The Labute approximate surface area is 184 Å². The molecule has 0 bridgehead atoms. The number of rotatable bonds is 6. The maximum absolute atomic E-state index is 13.4. The van der Waals surface area contributed by atoms with Crippen molar-refractivity contribution in [1.82, 2.24) is 0 Å². The molecule has 6 nitrogen and oxygen atoms in total. The molecule has 164 valence electrons. The molecule has 0 aliphatic carbocycles. The van der Waals surface area contributed by atoms with Crippen LogP contribution in [0.4, 0.5) is 10.1 Å². The molecule has 1 heterocycles. The van der Waals surface area contributed by atoms with Crippen LogP contribution in [0.25, 0.3) is 0 Å². The van der Waals surface area contributed by atoms with E-state index in [1.807, 2.05) is 6.92 Å². The topological polar surface area (TPSA) is 80.8 Å². The summed E-state index contributed by atoms with van der Waals surface area (Å²) in [6.45, 7) is 6.01. The number of benzene rings is 2. The molecule has 0 spiro atoms. The van der Waals surface area contributed by atoms with Crippen LogP contribution in [0, 0.1) is 12.7 Å². The monoisotopic (exact) mass is 445 g/mol. The first-order chi connectivity index (χ1) is 14.9. The first kappa shape index (κ1) is 24.3. The molecule has 0 N–H and O–H groups in total. The predicted molar refractivity (Wildman–Crippen MR) is 115 cm³/mol. The maximum atomic E-state index is 13.4. The largest absolute Gasteiger partial charge is 0.462 e. The Hall–Kier alpha value is -2.96. The number of anilines is 1. The van der Waals surface area contributed by atoms with Gasteiger partial charge in [0.1, 0.15) is 11.2 Å². The normalized spacial score (nSPS) is 17.5. The molecule has 1 aliphatic heterocycles. The van der Waals surface area contributed by atoms with Crippen LogP contribution in [0.5, 0.6) is 0 Å². The fraction of sp³-hybridized carbons (Fsp3) is 0.348. The van der Waals surface area contributed by atoms with E-state index in [1.54, 1.807) is 53.9 Å². The summed E-state index contributed by atoms with van der Waals surface area (Å²) in [7, 11) is 0. The summed E-state index contributed by atoms with van der Waals surface area (Å²) in [5.74, 6) is -0.629. The minimum absolute atomic E-state index is 0.0492. The maximum Gasteiger partial charge on any atom is 0.373 e. The van der Waals surface area contributed by atoms with E-state index in [1.165, 1.54) is 12.1 Å². The van der Waals surface area contributed by atoms with Gasteiger partial charge in [-0.15, -0.1) is 11.8 Å². The minimum Gasteiger partial charge on any atom is -0.462 e. The molecule has 3 rings (SSSR count). The van der Waals surface area contributed by atoms with Crippen LogP contribution in [-0.4, -0.2) is 29.9 Å². The van der Waals surface area contributed by atoms with E-state index in [-0.39, 0.29) is 34.5 Å². The van der Waals surface area contributed by atoms with Crippen LogP contribution < -0.4 is 4.90 Å². The lowest BCUT2D eigenvalue weighted by Gasteiger charge is -2.26. The summed E-state index contributed by atoms with van der Waals surface area (Å²) in [4.78, 5) is 43.2. The number of ether oxygens (including phenoxy) is 1. The molecule has 2 atom stereocenters. The number of hydrogen-bond donors (Lipinski definition) is 0. The van der Waals surface area contributed by atoms with Gasteiger partial charge in [0.05, 0.1) is 17.4 Å². The number of carbonyl (C=O) groups is 2. The Bertz CT molecular complexity index is 957. The van der Waals surface area contributed by atoms with Gasteiger partial charge in [0.2, 0.25) is 5.91 Å². The number of amides is 1. The van der Waals surface area contributed by atoms with E-state index in [4.69, 9.17) is 14.3 Å². The number of halogens is 1. The highest BCUT2D eigenvalue weighted by molar-refractivity contribution is 8.01. The smallest absolute Gasteiger partial charge is 0.373 e. The summed E-state index contributed by atoms with van der Waals surface area (Å²) in [6, 6.07) is 11.5. The number of hydrogen-bond acceptors (Lipinski definition) is 6. The highest BCUT2D eigenvalue weighted by Gasteiger charge is 2.41. The Kier molecular flexibility index (Phi) is 8.97. The summed E-state index contributed by atoms with van der Waals surface area (Å²) in [5, 5.41) is -0.360. The SMILES string of the molecule is CCCC1SC(c2ccc(F)cc2)N(c2ccc(C(=O)OCC)cc2C)C1=O.O=C=O. The van der Waals surface area contributed by atoms with E-state index < -0.39 is 0 Å². The summed E-state index contributed by atoms with van der Waals surface area (Å²) in [6.07, 6.45) is 1.95. The third-order valence-electron chi connectivity index (χ3n) is 4.71. The molecule has 31 heavy (non-hydrogen) atoms. The van der Waals surface area contributed by atoms with Gasteiger partial charge in [-0.3, -0.25) is 9.69 Å². The van der Waals surface area contributed by atoms with Crippen LogP contribution in [0.15, 0.2) is 42.5 Å². The van der Waals surface area contributed by atoms with Gasteiger partial charge >= 0.3 is 12.1 Å². The molecule has 1 amide bonds. The fourth-order valence-corrected chi connectivity index (χ4v) is 4.93. The number of aryl methyl sites for hydroxylation is 1. The molecule has 1 aliphatic rings. The molecule has 0 saturated carbocycles. The van der Waals surface area contributed by atoms with Gasteiger partial charge in [0.15, 0.2) is 0 Å². The third kappa shape index (κ3) is 5.81. The van der Waals surface area contributed by atoms with Crippen LogP contribution in [0.2, 0.25) is 0 Å². The molecule has 1 saturated heterocycles. The van der Waals surface area contributed by atoms with Crippen molar-refractivity contribution >= 4 is 35.5 Å². The highest BCUT2D eigenvalue weighted by Crippen LogP contribution is 2.47. The van der Waals surface area contributed by atoms with Gasteiger partial charge in [-0.1, -0.05) is 25.5 Å². The van der Waals surface area contributed by atoms with Crippen LogP contribution >= 0.6 is 11.8 Å². The Morgan fingerprint density at radius 2 is 1.81 bits per heavy atom. The van der Waals surface area contributed by atoms with Crippen molar-refractivity contribution in [2.45, 2.75) is 44.2 Å². The lowest BCUT2D eigenvalue weighted by Crippen LogP contribution is -2.31. The number of esters is 1. The van der Waals surface area contributed by atoms with Gasteiger partial charge in [-0.2, -0.15) is 9.59 Å². The van der Waals surface area contributed by atoms with Gasteiger partial charge in [-0.25, -0.2) is 9.18 Å². The van der Waals surface area contributed by atoms with E-state index in [9.17, 15) is 14.0 Å². The average molecular weight is 446 g/mol. The Morgan fingerprint density at radius 3 is 2.35 bits per heavy atom. The van der Waals surface area contributed by atoms with Crippen LogP contribution in [-0.2, 0) is 19.1 Å². The van der Waals surface area contributed by atoms with Gasteiger partial charge in [0, 0.05) is 5.69 Å². The number of nitrogens with zero attached hydrogens (tertiary/aromatic N) is 1. The van der Waals surface area contributed by atoms with E-state index in [2.05, 4.69) is 6.92 Å². The lowest BCUT2D eigenvalue weighted by molar-refractivity contribution is -0.191. The van der Waals surface area contributed by atoms with E-state index in [0.717, 1.165) is 29.7 Å². The highest BCUT2D eigenvalue weighted by atomic mass is 32.2. The van der Waals surface area contributed by atoms with Gasteiger partial charge in [-0.05, 0) is 61.7 Å². The lowest BCUT2D eigenvalue weighted by atomic mass is 10.1. The molecule has 8 heteroatoms. The van der Waals surface area contributed by atoms with Gasteiger partial charge < -0.3 is 4.74 Å². The molecular weight excluding hydrogens is 421 g/mol. The van der Waals surface area contributed by atoms with Crippen molar-refractivity contribution in [3.8, 4) is 0 Å². The zero-order chi connectivity index (χ0) is 23.0. The molecule has 0 radical (unpaired) electrons. The van der Waals surface area contributed by atoms with Crippen LogP contribution in [0.3, 0.4) is 0 Å². The molecular formula is C23H24FNO5S. The second-order valence-corrected chi connectivity index (χ2v) is 8.12. The average Bonchev–Trinajstić information content (AvgIpc) is 3.06. The molecule has 0 aromatic heterocycles.